The zero-order chi connectivity index (χ0) is 20.3. The van der Waals surface area contributed by atoms with E-state index >= 15 is 0 Å². The first-order valence-corrected chi connectivity index (χ1v) is 11.6. The van der Waals surface area contributed by atoms with E-state index < -0.39 is 9.84 Å². The topological polar surface area (TPSA) is 74.1 Å². The molecule has 150 valence electrons. The summed E-state index contributed by atoms with van der Waals surface area (Å²) >= 11 is 0. The van der Waals surface area contributed by atoms with Gasteiger partial charge < -0.3 is 9.30 Å². The largest absolute Gasteiger partial charge is 0.437 e. The molecule has 3 aromatic rings. The summed E-state index contributed by atoms with van der Waals surface area (Å²) < 4.78 is 31.3. The van der Waals surface area contributed by atoms with Gasteiger partial charge in [0.2, 0.25) is 5.88 Å². The highest BCUT2D eigenvalue weighted by atomic mass is 32.2. The van der Waals surface area contributed by atoms with Crippen molar-refractivity contribution in [2.45, 2.75) is 46.6 Å². The zero-order valence-electron chi connectivity index (χ0n) is 16.9. The average Bonchev–Trinajstić information content (AvgIpc) is 2.99. The number of pyridine rings is 1. The van der Waals surface area contributed by atoms with Crippen molar-refractivity contribution in [1.82, 2.24) is 14.5 Å². The molecule has 7 heteroatoms. The van der Waals surface area contributed by atoms with Gasteiger partial charge in [0.05, 0.1) is 11.3 Å². The number of hydrogen-bond acceptors (Lipinski definition) is 5. The maximum Gasteiger partial charge on any atom is 0.247 e. The molecule has 2 heterocycles. The average molecular weight is 402 g/mol. The summed E-state index contributed by atoms with van der Waals surface area (Å²) in [6.07, 6.45) is 3.60. The van der Waals surface area contributed by atoms with E-state index in [1.54, 1.807) is 0 Å². The van der Waals surface area contributed by atoms with Crippen LogP contribution in [0.4, 0.5) is 0 Å². The number of fused-ring (bicyclic) bond motifs is 1. The molecule has 0 aliphatic rings. The molecule has 0 radical (unpaired) electrons. The Morgan fingerprint density at radius 3 is 2.46 bits per heavy atom. The van der Waals surface area contributed by atoms with Crippen LogP contribution in [-0.4, -0.2) is 35.0 Å². The Morgan fingerprint density at radius 1 is 1.11 bits per heavy atom. The van der Waals surface area contributed by atoms with Gasteiger partial charge in [0.15, 0.2) is 5.52 Å². The van der Waals surface area contributed by atoms with E-state index in [1.165, 1.54) is 6.26 Å². The number of aromatic nitrogens is 3. The van der Waals surface area contributed by atoms with Gasteiger partial charge in [-0.05, 0) is 44.4 Å². The van der Waals surface area contributed by atoms with Crippen LogP contribution in [0.1, 0.15) is 36.8 Å². The first kappa shape index (κ1) is 20.3. The fraction of sp³-hybridized carbons (Fsp3) is 0.429. The van der Waals surface area contributed by atoms with Gasteiger partial charge >= 0.3 is 0 Å². The highest BCUT2D eigenvalue weighted by Crippen LogP contribution is 2.32. The number of para-hydroxylation sites is 1. The lowest BCUT2D eigenvalue weighted by Crippen LogP contribution is -2.10. The first-order chi connectivity index (χ1) is 13.3. The number of nitrogens with zero attached hydrogens (tertiary/aromatic N) is 3. The van der Waals surface area contributed by atoms with Gasteiger partial charge in [0, 0.05) is 24.9 Å². The Bertz CT molecular complexity index is 1070. The van der Waals surface area contributed by atoms with Gasteiger partial charge in [-0.1, -0.05) is 25.1 Å². The molecule has 0 unspecified atom stereocenters. The second-order valence-corrected chi connectivity index (χ2v) is 9.41. The van der Waals surface area contributed by atoms with Crippen LogP contribution in [0, 0.1) is 13.8 Å². The molecule has 0 atom stereocenters. The van der Waals surface area contributed by atoms with Crippen molar-refractivity contribution >= 4 is 20.9 Å². The van der Waals surface area contributed by atoms with Crippen molar-refractivity contribution in [2.24, 2.45) is 0 Å². The maximum atomic E-state index is 11.6. The molecule has 6 nitrogen and oxygen atoms in total. The highest BCUT2D eigenvalue weighted by Gasteiger charge is 2.20. The lowest BCUT2D eigenvalue weighted by atomic mass is 10.2. The number of ether oxygens (including phenoxy) is 1. The minimum atomic E-state index is -2.99. The molecule has 0 fully saturated rings. The van der Waals surface area contributed by atoms with Crippen molar-refractivity contribution in [1.29, 1.82) is 0 Å². The van der Waals surface area contributed by atoms with Gasteiger partial charge in [0.25, 0.3) is 0 Å². The Labute approximate surface area is 166 Å². The SMILES string of the molecule is CCCc1nc2c(Oc3ccccc3)nc(C)c(C)c2n1CCCS(C)(=O)=O. The second-order valence-electron chi connectivity index (χ2n) is 7.15. The molecule has 3 rings (SSSR count). The molecule has 0 aliphatic carbocycles. The molecule has 1 aromatic carbocycles. The van der Waals surface area contributed by atoms with E-state index in [1.807, 2.05) is 44.2 Å². The van der Waals surface area contributed by atoms with E-state index in [0.29, 0.717) is 24.6 Å². The van der Waals surface area contributed by atoms with E-state index in [0.717, 1.165) is 41.0 Å². The number of hydrogen-bond donors (Lipinski definition) is 0. The zero-order valence-corrected chi connectivity index (χ0v) is 17.7. The van der Waals surface area contributed by atoms with Gasteiger partial charge in [-0.3, -0.25) is 0 Å². The Kier molecular flexibility index (Phi) is 6.03. The third-order valence-corrected chi connectivity index (χ3v) is 5.77. The molecule has 0 saturated carbocycles. The third-order valence-electron chi connectivity index (χ3n) is 4.74. The van der Waals surface area contributed by atoms with Crippen LogP contribution >= 0.6 is 0 Å². The van der Waals surface area contributed by atoms with Gasteiger partial charge in [-0.25, -0.2) is 18.4 Å². The van der Waals surface area contributed by atoms with Crippen LogP contribution in [0.25, 0.3) is 11.0 Å². The number of rotatable bonds is 8. The second kappa shape index (κ2) is 8.31. The Hall–Kier alpha value is -2.41. The fourth-order valence-electron chi connectivity index (χ4n) is 3.30. The van der Waals surface area contributed by atoms with Crippen molar-refractivity contribution in [3.63, 3.8) is 0 Å². The smallest absolute Gasteiger partial charge is 0.247 e. The third kappa shape index (κ3) is 4.52. The molecule has 0 N–H and O–H groups in total. The standard InChI is InChI=1S/C21H27N3O3S/c1-5-10-18-23-19-20(24(18)13-9-14-28(4,25)26)15(2)16(3)22-21(19)27-17-11-7-6-8-12-17/h6-8,11-12H,5,9-10,13-14H2,1-4H3. The Morgan fingerprint density at radius 2 is 1.82 bits per heavy atom. The summed E-state index contributed by atoms with van der Waals surface area (Å²) in [4.78, 5) is 9.48. The molecule has 0 aliphatic heterocycles. The molecule has 0 amide bonds. The molecular formula is C21H27N3O3S. The fourth-order valence-corrected chi connectivity index (χ4v) is 3.95. The van der Waals surface area contributed by atoms with Crippen LogP contribution in [0.15, 0.2) is 30.3 Å². The van der Waals surface area contributed by atoms with E-state index in [2.05, 4.69) is 16.5 Å². The first-order valence-electron chi connectivity index (χ1n) is 9.57. The molecule has 0 saturated heterocycles. The predicted molar refractivity (Wildman–Crippen MR) is 112 cm³/mol. The number of aryl methyl sites for hydroxylation is 4. The minimum Gasteiger partial charge on any atom is -0.437 e. The molecule has 28 heavy (non-hydrogen) atoms. The summed E-state index contributed by atoms with van der Waals surface area (Å²) in [5.41, 5.74) is 3.64. The number of sulfone groups is 1. The van der Waals surface area contributed by atoms with Gasteiger partial charge in [0.1, 0.15) is 21.4 Å². The minimum absolute atomic E-state index is 0.161. The predicted octanol–water partition coefficient (Wildman–Crippen LogP) is 4.23. The van der Waals surface area contributed by atoms with E-state index in [4.69, 9.17) is 9.72 Å². The molecule has 0 bridgehead atoms. The van der Waals surface area contributed by atoms with Crippen LogP contribution in [0.2, 0.25) is 0 Å². The molecule has 2 aromatic heterocycles. The van der Waals surface area contributed by atoms with Crippen molar-refractivity contribution in [3.8, 4) is 11.6 Å². The van der Waals surface area contributed by atoms with E-state index in [9.17, 15) is 8.42 Å². The van der Waals surface area contributed by atoms with Crippen LogP contribution in [-0.2, 0) is 22.8 Å². The summed E-state index contributed by atoms with van der Waals surface area (Å²) in [5.74, 6) is 2.31. The van der Waals surface area contributed by atoms with Crippen molar-refractivity contribution in [2.75, 3.05) is 12.0 Å². The highest BCUT2D eigenvalue weighted by molar-refractivity contribution is 7.90. The van der Waals surface area contributed by atoms with Crippen LogP contribution in [0.3, 0.4) is 0 Å². The molecular weight excluding hydrogens is 374 g/mol. The van der Waals surface area contributed by atoms with Gasteiger partial charge in [-0.15, -0.1) is 0 Å². The number of imidazole rings is 1. The van der Waals surface area contributed by atoms with Crippen LogP contribution in [0.5, 0.6) is 11.6 Å². The van der Waals surface area contributed by atoms with Crippen molar-refractivity contribution in [3.05, 3.63) is 47.4 Å². The monoisotopic (exact) mass is 401 g/mol. The normalized spacial score (nSPS) is 11.9. The van der Waals surface area contributed by atoms with Crippen molar-refractivity contribution < 1.29 is 13.2 Å². The van der Waals surface area contributed by atoms with E-state index in [-0.39, 0.29) is 5.75 Å². The maximum absolute atomic E-state index is 11.6. The van der Waals surface area contributed by atoms with Crippen LogP contribution < -0.4 is 4.74 Å². The lowest BCUT2D eigenvalue weighted by Gasteiger charge is -2.12. The van der Waals surface area contributed by atoms with Gasteiger partial charge in [-0.2, -0.15) is 0 Å². The quantitative estimate of drug-likeness (QED) is 0.565. The summed E-state index contributed by atoms with van der Waals surface area (Å²) in [6, 6.07) is 9.55. The number of benzene rings is 1. The molecule has 0 spiro atoms. The Balaban J connectivity index is 2.09. The summed E-state index contributed by atoms with van der Waals surface area (Å²) in [6.45, 7) is 6.70. The summed E-state index contributed by atoms with van der Waals surface area (Å²) in [7, 11) is -2.99. The lowest BCUT2D eigenvalue weighted by molar-refractivity contribution is 0.466. The summed E-state index contributed by atoms with van der Waals surface area (Å²) in [5, 5.41) is 0.